The maximum atomic E-state index is 13.2. The van der Waals surface area contributed by atoms with E-state index in [0.717, 1.165) is 29.4 Å². The molecule has 3 N–H and O–H groups in total. The van der Waals surface area contributed by atoms with Gasteiger partial charge in [-0.15, -0.1) is 0 Å². The van der Waals surface area contributed by atoms with Gasteiger partial charge in [0.05, 0.1) is 33.2 Å². The number of quaternary nitrogens is 2. The molecule has 1 aliphatic rings. The Labute approximate surface area is 177 Å². The summed E-state index contributed by atoms with van der Waals surface area (Å²) >= 11 is 0. The molecule has 0 aliphatic carbocycles. The van der Waals surface area contributed by atoms with Gasteiger partial charge in [-0.25, -0.2) is 4.39 Å². The number of benzene rings is 2. The molecule has 0 saturated carbocycles. The minimum Gasteiger partial charge on any atom is -0.327 e. The largest absolute Gasteiger partial charge is 0.327 e. The predicted octanol–water partition coefficient (Wildman–Crippen LogP) is -0.485. The number of carbonyl (C=O) groups excluding carboxylic acids is 2. The summed E-state index contributed by atoms with van der Waals surface area (Å²) in [6.45, 7) is 6.44. The average molecular weight is 415 g/mol. The highest BCUT2D eigenvalue weighted by atomic mass is 19.1. The number of likely N-dealkylation sites (N-methyl/N-ethyl adjacent to an activating group) is 1. The van der Waals surface area contributed by atoms with E-state index in [0.29, 0.717) is 31.9 Å². The first kappa shape index (κ1) is 21.9. The number of rotatable bonds is 7. The normalized spacial score (nSPS) is 15.6. The van der Waals surface area contributed by atoms with Crippen LogP contribution in [0.5, 0.6) is 0 Å². The van der Waals surface area contributed by atoms with Crippen LogP contribution >= 0.6 is 0 Å². The average Bonchev–Trinajstić information content (AvgIpc) is 2.70. The molecule has 3 rings (SSSR count). The van der Waals surface area contributed by atoms with Gasteiger partial charge in [-0.3, -0.25) is 9.59 Å². The van der Waals surface area contributed by atoms with Gasteiger partial charge in [0, 0.05) is 11.3 Å². The number of hydrogen-bond acceptors (Lipinski definition) is 2. The maximum Gasteiger partial charge on any atom is 0.279 e. The second-order valence-corrected chi connectivity index (χ2v) is 8.16. The molecule has 0 aromatic heterocycles. The van der Waals surface area contributed by atoms with E-state index >= 15 is 0 Å². The lowest BCUT2D eigenvalue weighted by atomic mass is 10.1. The number of halogens is 1. The van der Waals surface area contributed by atoms with Gasteiger partial charge in [0.2, 0.25) is 0 Å². The summed E-state index contributed by atoms with van der Waals surface area (Å²) in [6.07, 6.45) is 0. The minimum atomic E-state index is -0.373. The van der Waals surface area contributed by atoms with Gasteiger partial charge in [-0.05, 0) is 25.1 Å². The summed E-state index contributed by atoms with van der Waals surface area (Å²) in [5.41, 5.74) is 2.93. The van der Waals surface area contributed by atoms with Gasteiger partial charge >= 0.3 is 0 Å². The molecular formula is C23H31FN4O2+2. The Kier molecular flexibility index (Phi) is 7.54. The second kappa shape index (κ2) is 10.3. The summed E-state index contributed by atoms with van der Waals surface area (Å²) in [4.78, 5) is 29.0. The van der Waals surface area contributed by atoms with Crippen molar-refractivity contribution in [3.63, 3.8) is 0 Å². The van der Waals surface area contributed by atoms with E-state index in [4.69, 9.17) is 0 Å². The number of aryl methyl sites for hydroxylation is 1. The smallest absolute Gasteiger partial charge is 0.279 e. The molecule has 2 amide bonds. The van der Waals surface area contributed by atoms with Gasteiger partial charge < -0.3 is 20.0 Å². The first-order valence-electron chi connectivity index (χ1n) is 10.4. The zero-order valence-corrected chi connectivity index (χ0v) is 17.7. The summed E-state index contributed by atoms with van der Waals surface area (Å²) in [6, 6.07) is 14.3. The third-order valence-corrected chi connectivity index (χ3v) is 5.42. The molecule has 1 fully saturated rings. The monoisotopic (exact) mass is 414 g/mol. The molecule has 0 radical (unpaired) electrons. The summed E-state index contributed by atoms with van der Waals surface area (Å²) < 4.78 is 13.2. The highest BCUT2D eigenvalue weighted by molar-refractivity contribution is 5.91. The van der Waals surface area contributed by atoms with Gasteiger partial charge in [0.1, 0.15) is 12.4 Å². The molecule has 2 aromatic rings. The first-order chi connectivity index (χ1) is 14.4. The van der Waals surface area contributed by atoms with E-state index in [1.54, 1.807) is 12.1 Å². The van der Waals surface area contributed by atoms with Crippen LogP contribution in [0.3, 0.4) is 0 Å². The van der Waals surface area contributed by atoms with E-state index in [-0.39, 0.29) is 17.6 Å². The number of nitrogens with zero attached hydrogens (tertiary/aromatic N) is 1. The van der Waals surface area contributed by atoms with Crippen molar-refractivity contribution in [3.05, 3.63) is 65.5 Å². The van der Waals surface area contributed by atoms with E-state index < -0.39 is 0 Å². The van der Waals surface area contributed by atoms with Crippen molar-refractivity contribution in [3.8, 4) is 0 Å². The van der Waals surface area contributed by atoms with Crippen LogP contribution in [0.4, 0.5) is 10.1 Å². The quantitative estimate of drug-likeness (QED) is 0.573. The molecule has 0 bridgehead atoms. The third kappa shape index (κ3) is 6.64. The Hall–Kier alpha value is -2.77. The van der Waals surface area contributed by atoms with Gasteiger partial charge in [-0.1, -0.05) is 35.9 Å². The molecule has 30 heavy (non-hydrogen) atoms. The molecule has 1 atom stereocenters. The van der Waals surface area contributed by atoms with Gasteiger partial charge in [-0.2, -0.15) is 0 Å². The molecule has 7 heteroatoms. The second-order valence-electron chi connectivity index (χ2n) is 8.16. The predicted molar refractivity (Wildman–Crippen MR) is 114 cm³/mol. The van der Waals surface area contributed by atoms with Crippen molar-refractivity contribution < 1.29 is 23.8 Å². The van der Waals surface area contributed by atoms with Crippen LogP contribution in [0.15, 0.2) is 48.5 Å². The standard InChI is InChI=1S/C23H29FN4O2/c1-18-6-8-19(9-7-18)15-26(2)17-23(30)28-12-10-27(11-13-28)16-22(29)25-21-5-3-4-20(24)14-21/h3-9,14H,10-13,15-17H2,1-2H3,(H,25,29)/p+2. The number of hydrogen-bond donors (Lipinski definition) is 3. The van der Waals surface area contributed by atoms with Crippen molar-refractivity contribution in [1.29, 1.82) is 0 Å². The van der Waals surface area contributed by atoms with Crippen LogP contribution in [-0.2, 0) is 16.1 Å². The summed E-state index contributed by atoms with van der Waals surface area (Å²) in [5.74, 6) is -0.359. The summed E-state index contributed by atoms with van der Waals surface area (Å²) in [7, 11) is 2.04. The van der Waals surface area contributed by atoms with Crippen LogP contribution in [0.2, 0.25) is 0 Å². The SMILES string of the molecule is Cc1ccc(C[NH+](C)CC(=O)N2CC[NH+](CC(=O)Nc3cccc(F)c3)CC2)cc1. The van der Waals surface area contributed by atoms with Crippen molar-refractivity contribution in [2.75, 3.05) is 51.6 Å². The zero-order valence-electron chi connectivity index (χ0n) is 17.7. The van der Waals surface area contributed by atoms with Crippen molar-refractivity contribution in [1.82, 2.24) is 4.90 Å². The fourth-order valence-corrected chi connectivity index (χ4v) is 3.73. The van der Waals surface area contributed by atoms with Crippen LogP contribution in [0.1, 0.15) is 11.1 Å². The van der Waals surface area contributed by atoms with E-state index in [1.165, 1.54) is 23.3 Å². The van der Waals surface area contributed by atoms with Gasteiger partial charge in [0.25, 0.3) is 11.8 Å². The highest BCUT2D eigenvalue weighted by Crippen LogP contribution is 2.08. The number of amides is 2. The Bertz CT molecular complexity index is 864. The number of nitrogens with one attached hydrogen (secondary N) is 3. The number of carbonyl (C=O) groups is 2. The van der Waals surface area contributed by atoms with Crippen LogP contribution in [0.25, 0.3) is 0 Å². The van der Waals surface area contributed by atoms with Crippen molar-refractivity contribution >= 4 is 17.5 Å². The van der Waals surface area contributed by atoms with Crippen LogP contribution in [0, 0.1) is 12.7 Å². The molecule has 1 unspecified atom stereocenters. The fraction of sp³-hybridized carbons (Fsp3) is 0.391. The van der Waals surface area contributed by atoms with E-state index in [2.05, 4.69) is 36.5 Å². The van der Waals surface area contributed by atoms with Crippen LogP contribution in [-0.4, -0.2) is 63.0 Å². The van der Waals surface area contributed by atoms with Crippen molar-refractivity contribution in [2.45, 2.75) is 13.5 Å². The first-order valence-corrected chi connectivity index (χ1v) is 10.4. The molecule has 0 spiro atoms. The lowest BCUT2D eigenvalue weighted by Crippen LogP contribution is -3.16. The van der Waals surface area contributed by atoms with Crippen LogP contribution < -0.4 is 15.1 Å². The molecular weight excluding hydrogens is 383 g/mol. The Morgan fingerprint density at radius 2 is 1.83 bits per heavy atom. The summed E-state index contributed by atoms with van der Waals surface area (Å²) in [5, 5.41) is 2.73. The number of anilines is 1. The lowest BCUT2D eigenvalue weighted by Gasteiger charge is -2.32. The number of piperazine rings is 1. The molecule has 6 nitrogen and oxygen atoms in total. The Morgan fingerprint density at radius 3 is 2.50 bits per heavy atom. The molecule has 1 aliphatic heterocycles. The highest BCUT2D eigenvalue weighted by Gasteiger charge is 2.26. The molecule has 1 saturated heterocycles. The van der Waals surface area contributed by atoms with E-state index in [9.17, 15) is 14.0 Å². The van der Waals surface area contributed by atoms with E-state index in [1.807, 2.05) is 11.9 Å². The lowest BCUT2D eigenvalue weighted by molar-refractivity contribution is -0.896. The molecule has 1 heterocycles. The molecule has 160 valence electrons. The minimum absolute atomic E-state index is 0.141. The van der Waals surface area contributed by atoms with Crippen molar-refractivity contribution in [2.24, 2.45) is 0 Å². The molecule has 2 aromatic carbocycles. The third-order valence-electron chi connectivity index (χ3n) is 5.42. The Morgan fingerprint density at radius 1 is 1.13 bits per heavy atom. The Balaban J connectivity index is 1.39. The maximum absolute atomic E-state index is 13.2. The fourth-order valence-electron chi connectivity index (χ4n) is 3.73. The zero-order chi connectivity index (χ0) is 21.5. The topological polar surface area (TPSA) is 58.3 Å². The van der Waals surface area contributed by atoms with Gasteiger partial charge in [0.15, 0.2) is 13.1 Å².